The van der Waals surface area contributed by atoms with Gasteiger partial charge in [-0.15, -0.1) is 11.6 Å². The Morgan fingerprint density at radius 1 is 1.41 bits per heavy atom. The summed E-state index contributed by atoms with van der Waals surface area (Å²) in [5.41, 5.74) is 1.09. The van der Waals surface area contributed by atoms with E-state index in [1.54, 1.807) is 6.92 Å². The number of hydrogen-bond donors (Lipinski definition) is 2. The zero-order valence-corrected chi connectivity index (χ0v) is 10.7. The first-order valence-corrected chi connectivity index (χ1v) is 6.22. The molecule has 0 fully saturated rings. The fraction of sp³-hybridized carbons (Fsp3) is 0.462. The number of aliphatic hydroxyl groups is 1. The van der Waals surface area contributed by atoms with Gasteiger partial charge < -0.3 is 10.4 Å². The summed E-state index contributed by atoms with van der Waals surface area (Å²) in [6, 6.07) is 9.50. The highest BCUT2D eigenvalue weighted by Crippen LogP contribution is 2.04. The van der Waals surface area contributed by atoms with Crippen molar-refractivity contribution in [1.82, 2.24) is 5.32 Å². The van der Waals surface area contributed by atoms with E-state index in [4.69, 9.17) is 11.6 Å². The monoisotopic (exact) mass is 255 g/mol. The average molecular weight is 256 g/mol. The largest absolute Gasteiger partial charge is 0.394 e. The summed E-state index contributed by atoms with van der Waals surface area (Å²) in [5, 5.41) is 12.0. The molecule has 94 valence electrons. The zero-order valence-electron chi connectivity index (χ0n) is 9.90. The minimum Gasteiger partial charge on any atom is -0.394 e. The van der Waals surface area contributed by atoms with Crippen LogP contribution in [-0.2, 0) is 11.2 Å². The molecular weight excluding hydrogens is 238 g/mol. The number of alkyl halides is 1. The van der Waals surface area contributed by atoms with E-state index in [1.807, 2.05) is 30.3 Å². The molecule has 1 rings (SSSR count). The Labute approximate surface area is 107 Å². The molecule has 1 aromatic rings. The van der Waals surface area contributed by atoms with Gasteiger partial charge in [-0.2, -0.15) is 0 Å². The van der Waals surface area contributed by atoms with Gasteiger partial charge in [-0.25, -0.2) is 0 Å². The van der Waals surface area contributed by atoms with Gasteiger partial charge in [0.15, 0.2) is 0 Å². The first-order valence-electron chi connectivity index (χ1n) is 5.68. The van der Waals surface area contributed by atoms with Crippen LogP contribution in [0.2, 0.25) is 0 Å². The van der Waals surface area contributed by atoms with Crippen molar-refractivity contribution in [3.05, 3.63) is 35.9 Å². The number of aliphatic hydroxyl groups excluding tert-OH is 1. The van der Waals surface area contributed by atoms with Crippen LogP contribution < -0.4 is 5.32 Å². The fourth-order valence-corrected chi connectivity index (χ4v) is 1.61. The van der Waals surface area contributed by atoms with Crippen molar-refractivity contribution >= 4 is 17.5 Å². The quantitative estimate of drug-likeness (QED) is 0.759. The zero-order chi connectivity index (χ0) is 12.7. The van der Waals surface area contributed by atoms with Gasteiger partial charge in [-0.3, -0.25) is 4.79 Å². The standard InChI is InChI=1S/C13H18ClNO2/c1-10(8-14)13(17)15-12(9-16)7-11-5-3-2-4-6-11/h2-6,10,12,16H,7-9H2,1H3,(H,15,17)/t10?,12-/m0/s1. The summed E-state index contributed by atoms with van der Waals surface area (Å²) in [4.78, 5) is 11.6. The third-order valence-corrected chi connectivity index (χ3v) is 3.03. The van der Waals surface area contributed by atoms with Crippen LogP contribution in [0.1, 0.15) is 12.5 Å². The highest BCUT2D eigenvalue weighted by Gasteiger charge is 2.16. The molecule has 0 aromatic heterocycles. The number of halogens is 1. The Morgan fingerprint density at radius 2 is 2.06 bits per heavy atom. The molecular formula is C13H18ClNO2. The van der Waals surface area contributed by atoms with Crippen molar-refractivity contribution < 1.29 is 9.90 Å². The molecule has 3 nitrogen and oxygen atoms in total. The molecule has 1 aromatic carbocycles. The lowest BCUT2D eigenvalue weighted by Crippen LogP contribution is -2.42. The van der Waals surface area contributed by atoms with Crippen molar-refractivity contribution in [3.63, 3.8) is 0 Å². The first-order chi connectivity index (χ1) is 8.17. The number of benzene rings is 1. The van der Waals surface area contributed by atoms with Crippen LogP contribution in [0.5, 0.6) is 0 Å². The number of carbonyl (C=O) groups is 1. The van der Waals surface area contributed by atoms with Gasteiger partial charge in [0.05, 0.1) is 12.6 Å². The summed E-state index contributed by atoms with van der Waals surface area (Å²) in [5.74, 6) is -0.0635. The van der Waals surface area contributed by atoms with Crippen molar-refractivity contribution in [3.8, 4) is 0 Å². The molecule has 0 saturated carbocycles. The smallest absolute Gasteiger partial charge is 0.224 e. The second-order valence-electron chi connectivity index (χ2n) is 4.13. The van der Waals surface area contributed by atoms with Crippen LogP contribution in [0.3, 0.4) is 0 Å². The molecule has 0 radical (unpaired) electrons. The lowest BCUT2D eigenvalue weighted by atomic mass is 10.1. The van der Waals surface area contributed by atoms with Crippen LogP contribution in [0.25, 0.3) is 0 Å². The summed E-state index contributed by atoms with van der Waals surface area (Å²) >= 11 is 5.61. The molecule has 2 N–H and O–H groups in total. The maximum atomic E-state index is 11.6. The topological polar surface area (TPSA) is 49.3 Å². The maximum Gasteiger partial charge on any atom is 0.224 e. The molecule has 0 saturated heterocycles. The van der Waals surface area contributed by atoms with Gasteiger partial charge in [0.25, 0.3) is 0 Å². The van der Waals surface area contributed by atoms with Gasteiger partial charge in [-0.05, 0) is 12.0 Å². The minimum absolute atomic E-state index is 0.0738. The predicted octanol–water partition coefficient (Wildman–Crippen LogP) is 1.58. The van der Waals surface area contributed by atoms with E-state index in [0.717, 1.165) is 5.56 Å². The number of hydrogen-bond acceptors (Lipinski definition) is 2. The Balaban J connectivity index is 2.52. The molecule has 0 bridgehead atoms. The summed E-state index contributed by atoms with van der Waals surface area (Å²) < 4.78 is 0. The average Bonchev–Trinajstić information content (AvgIpc) is 2.38. The molecule has 0 aliphatic heterocycles. The highest BCUT2D eigenvalue weighted by molar-refractivity contribution is 6.19. The first kappa shape index (κ1) is 14.0. The molecule has 0 heterocycles. The summed E-state index contributed by atoms with van der Waals surface area (Å²) in [7, 11) is 0. The van der Waals surface area contributed by atoms with Crippen LogP contribution in [0.15, 0.2) is 30.3 Å². The van der Waals surface area contributed by atoms with Crippen LogP contribution >= 0.6 is 11.6 Å². The van der Waals surface area contributed by atoms with E-state index >= 15 is 0 Å². The van der Waals surface area contributed by atoms with Crippen LogP contribution in [0.4, 0.5) is 0 Å². The van der Waals surface area contributed by atoms with Crippen LogP contribution in [-0.4, -0.2) is 29.5 Å². The maximum absolute atomic E-state index is 11.6. The van der Waals surface area contributed by atoms with Gasteiger partial charge in [-0.1, -0.05) is 37.3 Å². The van der Waals surface area contributed by atoms with Crippen molar-refractivity contribution in [2.24, 2.45) is 5.92 Å². The van der Waals surface area contributed by atoms with E-state index in [9.17, 15) is 9.90 Å². The minimum atomic E-state index is -0.254. The Morgan fingerprint density at radius 3 is 2.59 bits per heavy atom. The Kier molecular flexibility index (Phi) is 6.01. The van der Waals surface area contributed by atoms with E-state index in [0.29, 0.717) is 6.42 Å². The summed E-state index contributed by atoms with van der Waals surface area (Å²) in [6.07, 6.45) is 0.623. The number of nitrogens with one attached hydrogen (secondary N) is 1. The van der Waals surface area contributed by atoms with Gasteiger partial charge >= 0.3 is 0 Å². The van der Waals surface area contributed by atoms with Crippen molar-refractivity contribution in [2.75, 3.05) is 12.5 Å². The third kappa shape index (κ3) is 4.75. The molecule has 1 unspecified atom stereocenters. The number of rotatable bonds is 6. The Hall–Kier alpha value is -1.06. The van der Waals surface area contributed by atoms with E-state index in [2.05, 4.69) is 5.32 Å². The van der Waals surface area contributed by atoms with Gasteiger partial charge in [0.2, 0.25) is 5.91 Å². The van der Waals surface area contributed by atoms with Crippen molar-refractivity contribution in [1.29, 1.82) is 0 Å². The summed E-state index contributed by atoms with van der Waals surface area (Å²) in [6.45, 7) is 1.69. The molecule has 0 aliphatic rings. The Bertz CT molecular complexity index is 343. The highest BCUT2D eigenvalue weighted by atomic mass is 35.5. The van der Waals surface area contributed by atoms with E-state index in [1.165, 1.54) is 0 Å². The van der Waals surface area contributed by atoms with Gasteiger partial charge in [0, 0.05) is 11.8 Å². The molecule has 2 atom stereocenters. The van der Waals surface area contributed by atoms with E-state index in [-0.39, 0.29) is 30.4 Å². The molecule has 4 heteroatoms. The second kappa shape index (κ2) is 7.30. The van der Waals surface area contributed by atoms with E-state index < -0.39 is 0 Å². The van der Waals surface area contributed by atoms with Gasteiger partial charge in [0.1, 0.15) is 0 Å². The van der Waals surface area contributed by atoms with Crippen LogP contribution in [0, 0.1) is 5.92 Å². The second-order valence-corrected chi connectivity index (χ2v) is 4.44. The molecule has 17 heavy (non-hydrogen) atoms. The SMILES string of the molecule is CC(CCl)C(=O)N[C@H](CO)Cc1ccccc1. The third-order valence-electron chi connectivity index (χ3n) is 2.57. The molecule has 1 amide bonds. The lowest BCUT2D eigenvalue weighted by molar-refractivity contribution is -0.124. The number of amides is 1. The number of carbonyl (C=O) groups excluding carboxylic acids is 1. The molecule has 0 aliphatic carbocycles. The normalized spacial score (nSPS) is 14.1. The lowest BCUT2D eigenvalue weighted by Gasteiger charge is -2.18. The predicted molar refractivity (Wildman–Crippen MR) is 69.0 cm³/mol. The van der Waals surface area contributed by atoms with Crippen molar-refractivity contribution in [2.45, 2.75) is 19.4 Å². The fourth-order valence-electron chi connectivity index (χ4n) is 1.47. The molecule has 0 spiro atoms.